The maximum absolute atomic E-state index is 12.6. The van der Waals surface area contributed by atoms with Crippen molar-refractivity contribution in [1.82, 2.24) is 10.2 Å². The largest absolute Gasteiger partial charge is 0.336 e. The summed E-state index contributed by atoms with van der Waals surface area (Å²) < 4.78 is 0. The van der Waals surface area contributed by atoms with Gasteiger partial charge in [0.25, 0.3) is 0 Å². The zero-order valence-corrected chi connectivity index (χ0v) is 14.4. The second-order valence-corrected chi connectivity index (χ2v) is 6.37. The van der Waals surface area contributed by atoms with Crippen LogP contribution in [0, 0.1) is 6.92 Å². The zero-order chi connectivity index (χ0) is 17.6. The SMILES string of the molecule is Cc1ccc(NC(=O)C[C@@H]2NCCN(Cc3ccccc3)C2=O)cc1. The van der Waals surface area contributed by atoms with E-state index in [0.29, 0.717) is 19.6 Å². The van der Waals surface area contributed by atoms with E-state index in [0.717, 1.165) is 16.8 Å². The molecule has 2 amide bonds. The predicted molar refractivity (Wildman–Crippen MR) is 98.1 cm³/mol. The number of carbonyl (C=O) groups excluding carboxylic acids is 2. The minimum Gasteiger partial charge on any atom is -0.336 e. The summed E-state index contributed by atoms with van der Waals surface area (Å²) in [5.74, 6) is -0.176. The van der Waals surface area contributed by atoms with Gasteiger partial charge in [-0.05, 0) is 24.6 Å². The van der Waals surface area contributed by atoms with Crippen LogP contribution in [0.4, 0.5) is 5.69 Å². The summed E-state index contributed by atoms with van der Waals surface area (Å²) >= 11 is 0. The Morgan fingerprint density at radius 1 is 1.16 bits per heavy atom. The third-order valence-electron chi connectivity index (χ3n) is 4.32. The normalized spacial score (nSPS) is 17.4. The average Bonchev–Trinajstić information content (AvgIpc) is 2.61. The molecular weight excluding hydrogens is 314 g/mol. The molecule has 0 aliphatic carbocycles. The molecule has 1 atom stereocenters. The number of aryl methyl sites for hydroxylation is 1. The molecule has 0 bridgehead atoms. The maximum Gasteiger partial charge on any atom is 0.240 e. The fourth-order valence-electron chi connectivity index (χ4n) is 2.95. The highest BCUT2D eigenvalue weighted by molar-refractivity contribution is 5.95. The summed E-state index contributed by atoms with van der Waals surface area (Å²) in [4.78, 5) is 26.7. The molecule has 130 valence electrons. The van der Waals surface area contributed by atoms with Gasteiger partial charge in [0.15, 0.2) is 0 Å². The van der Waals surface area contributed by atoms with E-state index in [1.165, 1.54) is 0 Å². The Morgan fingerprint density at radius 2 is 1.88 bits per heavy atom. The first kappa shape index (κ1) is 17.2. The highest BCUT2D eigenvalue weighted by Gasteiger charge is 2.30. The number of piperazine rings is 1. The fourth-order valence-corrected chi connectivity index (χ4v) is 2.95. The molecule has 0 unspecified atom stereocenters. The van der Waals surface area contributed by atoms with Gasteiger partial charge in [-0.2, -0.15) is 0 Å². The molecule has 1 aliphatic heterocycles. The van der Waals surface area contributed by atoms with Crippen molar-refractivity contribution < 1.29 is 9.59 Å². The Hall–Kier alpha value is -2.66. The maximum atomic E-state index is 12.6. The van der Waals surface area contributed by atoms with Gasteiger partial charge < -0.3 is 15.5 Å². The van der Waals surface area contributed by atoms with E-state index in [2.05, 4.69) is 10.6 Å². The first-order valence-electron chi connectivity index (χ1n) is 8.54. The van der Waals surface area contributed by atoms with Crippen LogP contribution in [0.3, 0.4) is 0 Å². The van der Waals surface area contributed by atoms with E-state index in [4.69, 9.17) is 0 Å². The summed E-state index contributed by atoms with van der Waals surface area (Å²) in [6, 6.07) is 17.1. The van der Waals surface area contributed by atoms with E-state index in [9.17, 15) is 9.59 Å². The summed E-state index contributed by atoms with van der Waals surface area (Å²) in [6.07, 6.45) is 0.137. The molecule has 1 fully saturated rings. The number of hydrogen-bond donors (Lipinski definition) is 2. The van der Waals surface area contributed by atoms with E-state index in [1.807, 2.05) is 66.4 Å². The summed E-state index contributed by atoms with van der Waals surface area (Å²) in [6.45, 7) is 3.93. The molecule has 2 N–H and O–H groups in total. The van der Waals surface area contributed by atoms with Gasteiger partial charge in [0.2, 0.25) is 11.8 Å². The third kappa shape index (κ3) is 4.67. The molecule has 1 aliphatic rings. The van der Waals surface area contributed by atoms with Crippen LogP contribution < -0.4 is 10.6 Å². The highest BCUT2D eigenvalue weighted by atomic mass is 16.2. The van der Waals surface area contributed by atoms with Gasteiger partial charge in [-0.3, -0.25) is 9.59 Å². The molecule has 1 heterocycles. The number of rotatable bonds is 5. The number of benzene rings is 2. The second kappa shape index (κ2) is 7.94. The zero-order valence-electron chi connectivity index (χ0n) is 14.4. The number of anilines is 1. The molecule has 5 nitrogen and oxygen atoms in total. The Bertz CT molecular complexity index is 728. The monoisotopic (exact) mass is 337 g/mol. The van der Waals surface area contributed by atoms with Gasteiger partial charge in [0.1, 0.15) is 0 Å². The van der Waals surface area contributed by atoms with Gasteiger partial charge >= 0.3 is 0 Å². The lowest BCUT2D eigenvalue weighted by atomic mass is 10.1. The number of amides is 2. The van der Waals surface area contributed by atoms with Crippen molar-refractivity contribution in [3.8, 4) is 0 Å². The highest BCUT2D eigenvalue weighted by Crippen LogP contribution is 2.13. The van der Waals surface area contributed by atoms with Crippen LogP contribution >= 0.6 is 0 Å². The van der Waals surface area contributed by atoms with Crippen LogP contribution in [0.1, 0.15) is 17.5 Å². The molecule has 0 spiro atoms. The van der Waals surface area contributed by atoms with Crippen LogP contribution in [0.15, 0.2) is 54.6 Å². The molecule has 0 saturated carbocycles. The Kier molecular flexibility index (Phi) is 5.46. The van der Waals surface area contributed by atoms with Crippen molar-refractivity contribution in [1.29, 1.82) is 0 Å². The van der Waals surface area contributed by atoms with Crippen molar-refractivity contribution in [3.63, 3.8) is 0 Å². The van der Waals surface area contributed by atoms with Gasteiger partial charge in [-0.25, -0.2) is 0 Å². The van der Waals surface area contributed by atoms with E-state index >= 15 is 0 Å². The van der Waals surface area contributed by atoms with Gasteiger partial charge in [0.05, 0.1) is 12.5 Å². The van der Waals surface area contributed by atoms with Gasteiger partial charge in [-0.1, -0.05) is 48.0 Å². The van der Waals surface area contributed by atoms with E-state index in [1.54, 1.807) is 0 Å². The summed E-state index contributed by atoms with van der Waals surface area (Å²) in [5.41, 5.74) is 2.99. The van der Waals surface area contributed by atoms with Crippen molar-refractivity contribution in [2.75, 3.05) is 18.4 Å². The number of hydrogen-bond acceptors (Lipinski definition) is 3. The first-order valence-corrected chi connectivity index (χ1v) is 8.54. The number of nitrogens with one attached hydrogen (secondary N) is 2. The third-order valence-corrected chi connectivity index (χ3v) is 4.32. The average molecular weight is 337 g/mol. The lowest BCUT2D eigenvalue weighted by Crippen LogP contribution is -2.55. The van der Waals surface area contributed by atoms with Crippen LogP contribution in [0.25, 0.3) is 0 Å². The quantitative estimate of drug-likeness (QED) is 0.880. The molecule has 2 aromatic rings. The first-order chi connectivity index (χ1) is 12.1. The lowest BCUT2D eigenvalue weighted by Gasteiger charge is -2.33. The van der Waals surface area contributed by atoms with Crippen LogP contribution in [0.2, 0.25) is 0 Å². The Labute approximate surface area is 148 Å². The minimum absolute atomic E-state index is 0.0193. The Balaban J connectivity index is 1.57. The molecule has 0 radical (unpaired) electrons. The van der Waals surface area contributed by atoms with Crippen molar-refractivity contribution in [2.24, 2.45) is 0 Å². The van der Waals surface area contributed by atoms with E-state index in [-0.39, 0.29) is 18.2 Å². The standard InChI is InChI=1S/C20H23N3O2/c1-15-7-9-17(10-8-15)22-19(24)13-18-20(25)23(12-11-21-18)14-16-5-3-2-4-6-16/h2-10,18,21H,11-14H2,1H3,(H,22,24)/t18-/m0/s1. The minimum atomic E-state index is -0.470. The van der Waals surface area contributed by atoms with Crippen molar-refractivity contribution in [2.45, 2.75) is 25.9 Å². The van der Waals surface area contributed by atoms with Gasteiger partial charge in [0, 0.05) is 25.3 Å². The lowest BCUT2D eigenvalue weighted by molar-refractivity contribution is -0.138. The molecule has 0 aromatic heterocycles. The van der Waals surface area contributed by atoms with Crippen molar-refractivity contribution in [3.05, 3.63) is 65.7 Å². The van der Waals surface area contributed by atoms with Crippen LogP contribution in [-0.2, 0) is 16.1 Å². The summed E-state index contributed by atoms with van der Waals surface area (Å²) in [5, 5.41) is 6.01. The van der Waals surface area contributed by atoms with Crippen LogP contribution in [-0.4, -0.2) is 35.8 Å². The predicted octanol–water partition coefficient (Wildman–Crippen LogP) is 2.32. The second-order valence-electron chi connectivity index (χ2n) is 6.37. The molecule has 5 heteroatoms. The summed E-state index contributed by atoms with van der Waals surface area (Å²) in [7, 11) is 0. The van der Waals surface area contributed by atoms with Gasteiger partial charge in [-0.15, -0.1) is 0 Å². The smallest absolute Gasteiger partial charge is 0.240 e. The van der Waals surface area contributed by atoms with E-state index < -0.39 is 6.04 Å². The Morgan fingerprint density at radius 3 is 2.60 bits per heavy atom. The molecule has 1 saturated heterocycles. The molecule has 3 rings (SSSR count). The molecule has 2 aromatic carbocycles. The van der Waals surface area contributed by atoms with Crippen molar-refractivity contribution >= 4 is 17.5 Å². The number of carbonyl (C=O) groups is 2. The number of nitrogens with zero attached hydrogens (tertiary/aromatic N) is 1. The topological polar surface area (TPSA) is 61.4 Å². The van der Waals surface area contributed by atoms with Crippen LogP contribution in [0.5, 0.6) is 0 Å². The fraction of sp³-hybridized carbons (Fsp3) is 0.300. The molecule has 25 heavy (non-hydrogen) atoms. The molecular formula is C20H23N3O2.